The van der Waals surface area contributed by atoms with Gasteiger partial charge < -0.3 is 10.3 Å². The molecule has 0 bridgehead atoms. The van der Waals surface area contributed by atoms with Crippen LogP contribution in [0.4, 0.5) is 0 Å². The highest BCUT2D eigenvalue weighted by Gasteiger charge is 2.20. The van der Waals surface area contributed by atoms with Crippen LogP contribution in [0.5, 0.6) is 0 Å². The van der Waals surface area contributed by atoms with Crippen LogP contribution >= 0.6 is 0 Å². The molecule has 0 spiro atoms. The minimum Gasteiger partial charge on any atom is -0.324 e. The van der Waals surface area contributed by atoms with E-state index in [1.54, 1.807) is 0 Å². The summed E-state index contributed by atoms with van der Waals surface area (Å²) in [5.41, 5.74) is 11.6. The van der Waals surface area contributed by atoms with Crippen molar-refractivity contribution in [3.63, 3.8) is 0 Å². The highest BCUT2D eigenvalue weighted by atomic mass is 15.0. The summed E-state index contributed by atoms with van der Waals surface area (Å²) in [6.07, 6.45) is 5.63. The summed E-state index contributed by atoms with van der Waals surface area (Å²) in [6.45, 7) is 4.47. The summed E-state index contributed by atoms with van der Waals surface area (Å²) in [5.74, 6) is 0.564. The predicted octanol–water partition coefficient (Wildman–Crippen LogP) is 3.94. The van der Waals surface area contributed by atoms with Crippen molar-refractivity contribution in [2.75, 3.05) is 0 Å². The van der Waals surface area contributed by atoms with Gasteiger partial charge in [-0.15, -0.1) is 0 Å². The van der Waals surface area contributed by atoms with E-state index in [1.165, 1.54) is 28.9 Å². The second kappa shape index (κ2) is 4.86. The van der Waals surface area contributed by atoms with E-state index in [2.05, 4.69) is 54.9 Å². The number of aromatic nitrogens is 1. The first-order valence-corrected chi connectivity index (χ1v) is 7.23. The molecule has 2 heteroatoms. The minimum atomic E-state index is 0.221. The first-order chi connectivity index (χ1) is 9.16. The largest absolute Gasteiger partial charge is 0.324 e. The maximum Gasteiger partial charge on any atom is 0.0455 e. The second-order valence-electron chi connectivity index (χ2n) is 5.84. The molecule has 100 valence electrons. The molecule has 1 aliphatic carbocycles. The molecule has 19 heavy (non-hydrogen) atoms. The molecule has 0 saturated carbocycles. The lowest BCUT2D eigenvalue weighted by atomic mass is 9.93. The van der Waals surface area contributed by atoms with E-state index in [4.69, 9.17) is 5.73 Å². The van der Waals surface area contributed by atoms with E-state index in [-0.39, 0.29) is 6.04 Å². The molecule has 1 aliphatic rings. The molecule has 1 unspecified atom stereocenters. The fraction of sp³-hybridized carbons (Fsp3) is 0.412. The standard InChI is InChI=1S/C17H22N2/c1-12(2)13-5-3-6-14(11-13)19-10-9-15-16(18)7-4-8-17(15)19/h3,5-6,9-12,16H,4,7-8,18H2,1-2H3. The third-order valence-corrected chi connectivity index (χ3v) is 4.17. The van der Waals surface area contributed by atoms with Crippen molar-refractivity contribution in [2.24, 2.45) is 5.73 Å². The maximum absolute atomic E-state index is 6.20. The van der Waals surface area contributed by atoms with Crippen molar-refractivity contribution in [3.05, 3.63) is 53.3 Å². The number of benzene rings is 1. The number of nitrogens with two attached hydrogens (primary N) is 1. The summed E-state index contributed by atoms with van der Waals surface area (Å²) in [5, 5.41) is 0. The van der Waals surface area contributed by atoms with Crippen molar-refractivity contribution < 1.29 is 0 Å². The van der Waals surface area contributed by atoms with Gasteiger partial charge in [-0.2, -0.15) is 0 Å². The fourth-order valence-corrected chi connectivity index (χ4v) is 3.00. The van der Waals surface area contributed by atoms with Gasteiger partial charge in [0.15, 0.2) is 0 Å². The topological polar surface area (TPSA) is 30.9 Å². The molecule has 2 aromatic rings. The highest BCUT2D eigenvalue weighted by molar-refractivity contribution is 5.42. The molecule has 1 atom stereocenters. The molecule has 0 fully saturated rings. The number of nitrogens with zero attached hydrogens (tertiary/aromatic N) is 1. The van der Waals surface area contributed by atoms with Crippen LogP contribution < -0.4 is 5.73 Å². The lowest BCUT2D eigenvalue weighted by Crippen LogP contribution is -2.17. The molecule has 1 aromatic heterocycles. The lowest BCUT2D eigenvalue weighted by Gasteiger charge is -2.21. The van der Waals surface area contributed by atoms with Crippen LogP contribution in [-0.4, -0.2) is 4.57 Å². The second-order valence-corrected chi connectivity index (χ2v) is 5.84. The summed E-state index contributed by atoms with van der Waals surface area (Å²) in [6, 6.07) is 11.3. The van der Waals surface area contributed by atoms with Crippen molar-refractivity contribution >= 4 is 0 Å². The van der Waals surface area contributed by atoms with E-state index in [1.807, 2.05) is 0 Å². The zero-order chi connectivity index (χ0) is 13.4. The van der Waals surface area contributed by atoms with E-state index in [0.717, 1.165) is 12.8 Å². The molecule has 0 aliphatic heterocycles. The van der Waals surface area contributed by atoms with Crippen LogP contribution in [0, 0.1) is 0 Å². The van der Waals surface area contributed by atoms with Gasteiger partial charge in [-0.25, -0.2) is 0 Å². The number of hydrogen-bond acceptors (Lipinski definition) is 1. The molecule has 2 nitrogen and oxygen atoms in total. The monoisotopic (exact) mass is 254 g/mol. The Kier molecular flexibility index (Phi) is 3.19. The van der Waals surface area contributed by atoms with Gasteiger partial charge in [0.25, 0.3) is 0 Å². The molecule has 2 N–H and O–H groups in total. The van der Waals surface area contributed by atoms with Gasteiger partial charge in [0.1, 0.15) is 0 Å². The zero-order valence-electron chi connectivity index (χ0n) is 11.8. The molecular formula is C17H22N2. The van der Waals surface area contributed by atoms with E-state index in [0.29, 0.717) is 5.92 Å². The third kappa shape index (κ3) is 2.21. The highest BCUT2D eigenvalue weighted by Crippen LogP contribution is 2.31. The van der Waals surface area contributed by atoms with Gasteiger partial charge >= 0.3 is 0 Å². The van der Waals surface area contributed by atoms with Gasteiger partial charge in [-0.05, 0) is 54.5 Å². The molecule has 0 amide bonds. The van der Waals surface area contributed by atoms with E-state index in [9.17, 15) is 0 Å². The lowest BCUT2D eigenvalue weighted by molar-refractivity contribution is 0.560. The van der Waals surface area contributed by atoms with Gasteiger partial charge in [-0.1, -0.05) is 26.0 Å². The Morgan fingerprint density at radius 2 is 2.11 bits per heavy atom. The number of hydrogen-bond donors (Lipinski definition) is 1. The summed E-state index contributed by atoms with van der Waals surface area (Å²) >= 11 is 0. The van der Waals surface area contributed by atoms with E-state index < -0.39 is 0 Å². The first kappa shape index (κ1) is 12.5. The van der Waals surface area contributed by atoms with Gasteiger partial charge in [0.05, 0.1) is 0 Å². The van der Waals surface area contributed by atoms with Crippen LogP contribution in [0.25, 0.3) is 5.69 Å². The quantitative estimate of drug-likeness (QED) is 0.864. The Hall–Kier alpha value is -1.54. The van der Waals surface area contributed by atoms with Gasteiger partial charge in [0.2, 0.25) is 0 Å². The molecule has 1 aromatic carbocycles. The molecular weight excluding hydrogens is 232 g/mol. The first-order valence-electron chi connectivity index (χ1n) is 7.23. The minimum absolute atomic E-state index is 0.221. The van der Waals surface area contributed by atoms with Crippen LogP contribution in [0.3, 0.4) is 0 Å². The molecule has 1 heterocycles. The normalized spacial score (nSPS) is 18.6. The van der Waals surface area contributed by atoms with Crippen LogP contribution in [-0.2, 0) is 6.42 Å². The fourth-order valence-electron chi connectivity index (χ4n) is 3.00. The zero-order valence-corrected chi connectivity index (χ0v) is 11.8. The van der Waals surface area contributed by atoms with Crippen molar-refractivity contribution in [1.82, 2.24) is 4.57 Å². The van der Waals surface area contributed by atoms with Crippen molar-refractivity contribution in [1.29, 1.82) is 0 Å². The Morgan fingerprint density at radius 3 is 2.89 bits per heavy atom. The molecule has 0 radical (unpaired) electrons. The van der Waals surface area contributed by atoms with Crippen LogP contribution in [0.15, 0.2) is 36.5 Å². The smallest absolute Gasteiger partial charge is 0.0455 e. The Bertz CT molecular complexity index is 581. The van der Waals surface area contributed by atoms with E-state index >= 15 is 0 Å². The van der Waals surface area contributed by atoms with Crippen LogP contribution in [0.2, 0.25) is 0 Å². The van der Waals surface area contributed by atoms with Crippen molar-refractivity contribution in [2.45, 2.75) is 45.1 Å². The van der Waals surface area contributed by atoms with Crippen molar-refractivity contribution in [3.8, 4) is 5.69 Å². The predicted molar refractivity (Wildman–Crippen MR) is 79.7 cm³/mol. The third-order valence-electron chi connectivity index (χ3n) is 4.17. The number of rotatable bonds is 2. The SMILES string of the molecule is CC(C)c1cccc(-n2ccc3c2CCCC3N)c1. The Balaban J connectivity index is 2.05. The average Bonchev–Trinajstić information content (AvgIpc) is 2.84. The molecule has 0 saturated heterocycles. The maximum atomic E-state index is 6.20. The molecule has 3 rings (SSSR count). The summed E-state index contributed by atoms with van der Waals surface area (Å²) in [7, 11) is 0. The summed E-state index contributed by atoms with van der Waals surface area (Å²) in [4.78, 5) is 0. The number of fused-ring (bicyclic) bond motifs is 1. The Labute approximate surface area is 115 Å². The van der Waals surface area contributed by atoms with Gasteiger partial charge in [-0.3, -0.25) is 0 Å². The van der Waals surface area contributed by atoms with Gasteiger partial charge in [0, 0.05) is 23.6 Å². The van der Waals surface area contributed by atoms with Crippen LogP contribution in [0.1, 0.15) is 55.5 Å². The summed E-state index contributed by atoms with van der Waals surface area (Å²) < 4.78 is 2.32. The Morgan fingerprint density at radius 1 is 1.26 bits per heavy atom. The average molecular weight is 254 g/mol.